The van der Waals surface area contributed by atoms with Gasteiger partial charge < -0.3 is 10.1 Å². The normalized spacial score (nSPS) is 10.0. The first-order chi connectivity index (χ1) is 10.8. The minimum absolute atomic E-state index is 0.292. The molecule has 0 saturated carbocycles. The molecule has 0 fully saturated rings. The largest absolute Gasteiger partial charge is 0.457 e. The SMILES string of the molecule is O=C(Nc1cccc(Oc2ccccc2)c1)c1ccncn1. The second-order valence-electron chi connectivity index (χ2n) is 4.49. The summed E-state index contributed by atoms with van der Waals surface area (Å²) in [4.78, 5) is 19.7. The number of anilines is 1. The molecule has 0 aliphatic heterocycles. The van der Waals surface area contributed by atoms with Crippen LogP contribution in [0.2, 0.25) is 0 Å². The van der Waals surface area contributed by atoms with E-state index in [0.717, 1.165) is 5.75 Å². The maximum atomic E-state index is 12.0. The predicted molar refractivity (Wildman–Crippen MR) is 82.9 cm³/mol. The van der Waals surface area contributed by atoms with Gasteiger partial charge in [0.25, 0.3) is 5.91 Å². The number of nitrogens with zero attached hydrogens (tertiary/aromatic N) is 2. The maximum absolute atomic E-state index is 12.0. The predicted octanol–water partition coefficient (Wildman–Crippen LogP) is 3.52. The van der Waals surface area contributed by atoms with Crippen molar-refractivity contribution in [1.82, 2.24) is 9.97 Å². The lowest BCUT2D eigenvalue weighted by molar-refractivity contribution is 0.102. The molecule has 0 spiro atoms. The zero-order chi connectivity index (χ0) is 15.2. The van der Waals surface area contributed by atoms with Gasteiger partial charge in [0, 0.05) is 18.0 Å². The molecule has 5 heteroatoms. The van der Waals surface area contributed by atoms with E-state index in [1.807, 2.05) is 42.5 Å². The number of para-hydroxylation sites is 1. The maximum Gasteiger partial charge on any atom is 0.274 e. The zero-order valence-corrected chi connectivity index (χ0v) is 11.6. The molecule has 0 unspecified atom stereocenters. The fourth-order valence-electron chi connectivity index (χ4n) is 1.88. The Morgan fingerprint density at radius 1 is 0.955 bits per heavy atom. The van der Waals surface area contributed by atoms with Crippen molar-refractivity contribution >= 4 is 11.6 Å². The van der Waals surface area contributed by atoms with Crippen molar-refractivity contribution in [3.8, 4) is 11.5 Å². The van der Waals surface area contributed by atoms with Gasteiger partial charge in [-0.15, -0.1) is 0 Å². The molecule has 0 saturated heterocycles. The molecule has 5 nitrogen and oxygen atoms in total. The number of aromatic nitrogens is 2. The summed E-state index contributed by atoms with van der Waals surface area (Å²) in [6, 6.07) is 18.2. The summed E-state index contributed by atoms with van der Waals surface area (Å²) in [5.41, 5.74) is 0.946. The second-order valence-corrected chi connectivity index (χ2v) is 4.49. The van der Waals surface area contributed by atoms with Gasteiger partial charge in [-0.25, -0.2) is 9.97 Å². The van der Waals surface area contributed by atoms with Gasteiger partial charge in [0.15, 0.2) is 0 Å². The molecule has 0 bridgehead atoms. The number of ether oxygens (including phenoxy) is 1. The number of benzene rings is 2. The lowest BCUT2D eigenvalue weighted by Crippen LogP contribution is -2.13. The smallest absolute Gasteiger partial charge is 0.274 e. The van der Waals surface area contributed by atoms with Gasteiger partial charge in [-0.2, -0.15) is 0 Å². The summed E-state index contributed by atoms with van der Waals surface area (Å²) in [5.74, 6) is 1.09. The Morgan fingerprint density at radius 3 is 2.55 bits per heavy atom. The number of hydrogen-bond acceptors (Lipinski definition) is 4. The Kier molecular flexibility index (Phi) is 4.06. The van der Waals surface area contributed by atoms with Crippen LogP contribution in [0.25, 0.3) is 0 Å². The molecule has 1 heterocycles. The minimum Gasteiger partial charge on any atom is -0.457 e. The fourth-order valence-corrected chi connectivity index (χ4v) is 1.88. The zero-order valence-electron chi connectivity index (χ0n) is 11.6. The minimum atomic E-state index is -0.292. The van der Waals surface area contributed by atoms with E-state index in [-0.39, 0.29) is 5.91 Å². The lowest BCUT2D eigenvalue weighted by Gasteiger charge is -2.08. The molecule has 0 aliphatic carbocycles. The first-order valence-electron chi connectivity index (χ1n) is 6.71. The van der Waals surface area contributed by atoms with Crippen LogP contribution in [0.1, 0.15) is 10.5 Å². The molecule has 2 aromatic carbocycles. The van der Waals surface area contributed by atoms with E-state index < -0.39 is 0 Å². The van der Waals surface area contributed by atoms with E-state index in [1.165, 1.54) is 12.5 Å². The van der Waals surface area contributed by atoms with E-state index in [2.05, 4.69) is 15.3 Å². The Balaban J connectivity index is 1.73. The van der Waals surface area contributed by atoms with E-state index in [0.29, 0.717) is 17.1 Å². The quantitative estimate of drug-likeness (QED) is 0.798. The lowest BCUT2D eigenvalue weighted by atomic mass is 10.2. The van der Waals surface area contributed by atoms with Crippen LogP contribution in [-0.4, -0.2) is 15.9 Å². The van der Waals surface area contributed by atoms with Gasteiger partial charge in [-0.3, -0.25) is 4.79 Å². The van der Waals surface area contributed by atoms with E-state index in [1.54, 1.807) is 18.2 Å². The van der Waals surface area contributed by atoms with Gasteiger partial charge >= 0.3 is 0 Å². The number of carbonyl (C=O) groups is 1. The van der Waals surface area contributed by atoms with Crippen molar-refractivity contribution < 1.29 is 9.53 Å². The number of carbonyl (C=O) groups excluding carboxylic acids is 1. The van der Waals surface area contributed by atoms with Crippen LogP contribution < -0.4 is 10.1 Å². The van der Waals surface area contributed by atoms with Crippen molar-refractivity contribution in [3.63, 3.8) is 0 Å². The summed E-state index contributed by atoms with van der Waals surface area (Å²) in [7, 11) is 0. The molecule has 108 valence electrons. The van der Waals surface area contributed by atoms with Crippen LogP contribution in [0.4, 0.5) is 5.69 Å². The number of amides is 1. The topological polar surface area (TPSA) is 64.1 Å². The van der Waals surface area contributed by atoms with Crippen LogP contribution >= 0.6 is 0 Å². The molecule has 22 heavy (non-hydrogen) atoms. The molecular formula is C17H13N3O2. The third kappa shape index (κ3) is 3.46. The van der Waals surface area contributed by atoms with Gasteiger partial charge in [-0.05, 0) is 30.3 Å². The average molecular weight is 291 g/mol. The van der Waals surface area contributed by atoms with Gasteiger partial charge in [0.1, 0.15) is 23.5 Å². The summed E-state index contributed by atoms with van der Waals surface area (Å²) in [6.07, 6.45) is 2.86. The number of nitrogens with one attached hydrogen (secondary N) is 1. The number of hydrogen-bond donors (Lipinski definition) is 1. The highest BCUT2D eigenvalue weighted by Crippen LogP contribution is 2.23. The molecule has 0 atom stereocenters. The molecule has 3 rings (SSSR count). The second kappa shape index (κ2) is 6.49. The van der Waals surface area contributed by atoms with Crippen LogP contribution in [0.3, 0.4) is 0 Å². The highest BCUT2D eigenvalue weighted by Gasteiger charge is 2.07. The first kappa shape index (κ1) is 13.8. The van der Waals surface area contributed by atoms with Crippen molar-refractivity contribution in [2.45, 2.75) is 0 Å². The molecule has 1 aromatic heterocycles. The number of rotatable bonds is 4. The van der Waals surface area contributed by atoms with Crippen LogP contribution in [0.15, 0.2) is 73.2 Å². The monoisotopic (exact) mass is 291 g/mol. The van der Waals surface area contributed by atoms with Crippen LogP contribution in [0.5, 0.6) is 11.5 Å². The highest BCUT2D eigenvalue weighted by molar-refractivity contribution is 6.02. The van der Waals surface area contributed by atoms with E-state index >= 15 is 0 Å². The van der Waals surface area contributed by atoms with Crippen LogP contribution in [-0.2, 0) is 0 Å². The third-order valence-electron chi connectivity index (χ3n) is 2.89. The molecule has 1 amide bonds. The molecule has 1 N–H and O–H groups in total. The van der Waals surface area contributed by atoms with Gasteiger partial charge in [0.05, 0.1) is 0 Å². The van der Waals surface area contributed by atoms with E-state index in [4.69, 9.17) is 4.74 Å². The van der Waals surface area contributed by atoms with Gasteiger partial charge in [0.2, 0.25) is 0 Å². The molecular weight excluding hydrogens is 278 g/mol. The Morgan fingerprint density at radius 2 is 1.77 bits per heavy atom. The highest BCUT2D eigenvalue weighted by atomic mass is 16.5. The Bertz CT molecular complexity index is 761. The summed E-state index contributed by atoms with van der Waals surface area (Å²) in [5, 5.41) is 2.78. The molecule has 0 aliphatic rings. The fraction of sp³-hybridized carbons (Fsp3) is 0. The third-order valence-corrected chi connectivity index (χ3v) is 2.89. The molecule has 0 radical (unpaired) electrons. The molecule has 3 aromatic rings. The van der Waals surface area contributed by atoms with Crippen molar-refractivity contribution in [2.75, 3.05) is 5.32 Å². The van der Waals surface area contributed by atoms with E-state index in [9.17, 15) is 4.79 Å². The Hall–Kier alpha value is -3.21. The average Bonchev–Trinajstić information content (AvgIpc) is 2.57. The van der Waals surface area contributed by atoms with Crippen LogP contribution in [0, 0.1) is 0 Å². The standard InChI is InChI=1S/C17H13N3O2/c21-17(16-9-10-18-12-19-16)20-13-5-4-8-15(11-13)22-14-6-2-1-3-7-14/h1-12H,(H,20,21). The van der Waals surface area contributed by atoms with Gasteiger partial charge in [-0.1, -0.05) is 24.3 Å². The Labute approximate surface area is 127 Å². The summed E-state index contributed by atoms with van der Waals surface area (Å²) < 4.78 is 5.73. The summed E-state index contributed by atoms with van der Waals surface area (Å²) in [6.45, 7) is 0. The first-order valence-corrected chi connectivity index (χ1v) is 6.71. The summed E-state index contributed by atoms with van der Waals surface area (Å²) >= 11 is 0. The van der Waals surface area contributed by atoms with Crippen molar-refractivity contribution in [2.24, 2.45) is 0 Å². The van der Waals surface area contributed by atoms with Crippen molar-refractivity contribution in [1.29, 1.82) is 0 Å². The van der Waals surface area contributed by atoms with Crippen molar-refractivity contribution in [3.05, 3.63) is 78.9 Å².